The number of ketones is 1. The highest BCUT2D eigenvalue weighted by Gasteiger charge is 2.21. The maximum Gasteiger partial charge on any atom is 0.138 e. The van der Waals surface area contributed by atoms with E-state index in [4.69, 9.17) is 0 Å². The lowest BCUT2D eigenvalue weighted by atomic mass is 9.91. The Labute approximate surface area is 97.1 Å². The first-order valence-corrected chi connectivity index (χ1v) is 6.11. The fourth-order valence-electron chi connectivity index (χ4n) is 2.19. The summed E-state index contributed by atoms with van der Waals surface area (Å²) < 4.78 is 0. The van der Waals surface area contributed by atoms with E-state index < -0.39 is 0 Å². The standard InChI is InChI=1S/C14H19NO/c1-2-11-3-5-12(6-4-11)9-13-10-15-8-7-14(13)16/h3-6,13,15H,2,7-10H2,1H3. The van der Waals surface area contributed by atoms with E-state index in [9.17, 15) is 4.79 Å². The van der Waals surface area contributed by atoms with Gasteiger partial charge in [-0.25, -0.2) is 0 Å². The molecule has 0 aliphatic carbocycles. The second kappa shape index (κ2) is 5.26. The van der Waals surface area contributed by atoms with Crippen molar-refractivity contribution in [2.24, 2.45) is 5.92 Å². The number of aryl methyl sites for hydroxylation is 1. The zero-order valence-electron chi connectivity index (χ0n) is 9.83. The van der Waals surface area contributed by atoms with E-state index in [0.717, 1.165) is 25.9 Å². The van der Waals surface area contributed by atoms with Gasteiger partial charge in [0, 0.05) is 25.4 Å². The van der Waals surface area contributed by atoms with Crippen LogP contribution in [0.3, 0.4) is 0 Å². The molecule has 16 heavy (non-hydrogen) atoms. The van der Waals surface area contributed by atoms with E-state index in [0.29, 0.717) is 12.2 Å². The molecule has 2 nitrogen and oxygen atoms in total. The summed E-state index contributed by atoms with van der Waals surface area (Å²) >= 11 is 0. The van der Waals surface area contributed by atoms with Gasteiger partial charge in [-0.2, -0.15) is 0 Å². The summed E-state index contributed by atoms with van der Waals surface area (Å²) in [5.74, 6) is 0.597. The molecule has 1 fully saturated rings. The molecule has 86 valence electrons. The van der Waals surface area contributed by atoms with Crippen molar-refractivity contribution in [2.75, 3.05) is 13.1 Å². The molecule has 1 aliphatic rings. The van der Waals surface area contributed by atoms with Gasteiger partial charge in [-0.15, -0.1) is 0 Å². The highest BCUT2D eigenvalue weighted by atomic mass is 16.1. The molecule has 1 unspecified atom stereocenters. The molecular formula is C14H19NO. The lowest BCUT2D eigenvalue weighted by Gasteiger charge is -2.21. The number of piperidine rings is 1. The Kier molecular flexibility index (Phi) is 3.73. The van der Waals surface area contributed by atoms with Gasteiger partial charge in [-0.3, -0.25) is 4.79 Å². The van der Waals surface area contributed by atoms with Crippen LogP contribution in [0, 0.1) is 5.92 Å². The first-order valence-electron chi connectivity index (χ1n) is 6.11. The Hall–Kier alpha value is -1.15. The fraction of sp³-hybridized carbons (Fsp3) is 0.500. The second-order valence-corrected chi connectivity index (χ2v) is 4.49. The van der Waals surface area contributed by atoms with Crippen LogP contribution in [0.25, 0.3) is 0 Å². The molecule has 2 heteroatoms. The predicted molar refractivity (Wildman–Crippen MR) is 65.5 cm³/mol. The smallest absolute Gasteiger partial charge is 0.138 e. The highest BCUT2D eigenvalue weighted by Crippen LogP contribution is 2.14. The number of carbonyl (C=O) groups excluding carboxylic acids is 1. The summed E-state index contributed by atoms with van der Waals surface area (Å²) in [7, 11) is 0. The third-order valence-corrected chi connectivity index (χ3v) is 3.31. The molecule has 1 aliphatic heterocycles. The lowest BCUT2D eigenvalue weighted by molar-refractivity contribution is -0.123. The fourth-order valence-corrected chi connectivity index (χ4v) is 2.19. The summed E-state index contributed by atoms with van der Waals surface area (Å²) in [4.78, 5) is 11.7. The van der Waals surface area contributed by atoms with Crippen molar-refractivity contribution in [3.63, 3.8) is 0 Å². The van der Waals surface area contributed by atoms with Crippen LogP contribution in [0.1, 0.15) is 24.5 Å². The van der Waals surface area contributed by atoms with Crippen LogP contribution in [-0.2, 0) is 17.6 Å². The molecule has 0 spiro atoms. The maximum atomic E-state index is 11.7. The zero-order valence-corrected chi connectivity index (χ0v) is 9.83. The van der Waals surface area contributed by atoms with Crippen LogP contribution in [0.2, 0.25) is 0 Å². The van der Waals surface area contributed by atoms with E-state index in [-0.39, 0.29) is 5.92 Å². The Morgan fingerprint density at radius 3 is 2.56 bits per heavy atom. The predicted octanol–water partition coefficient (Wildman–Crippen LogP) is 1.97. The van der Waals surface area contributed by atoms with Gasteiger partial charge in [0.1, 0.15) is 5.78 Å². The van der Waals surface area contributed by atoms with Crippen LogP contribution in [0.5, 0.6) is 0 Å². The summed E-state index contributed by atoms with van der Waals surface area (Å²) in [5.41, 5.74) is 2.64. The van der Waals surface area contributed by atoms with Gasteiger partial charge in [-0.1, -0.05) is 31.2 Å². The zero-order chi connectivity index (χ0) is 11.4. The largest absolute Gasteiger partial charge is 0.316 e. The summed E-state index contributed by atoms with van der Waals surface area (Å²) in [6, 6.07) is 8.63. The number of rotatable bonds is 3. The molecule has 0 aromatic heterocycles. The quantitative estimate of drug-likeness (QED) is 0.838. The van der Waals surface area contributed by atoms with Crippen molar-refractivity contribution in [1.29, 1.82) is 0 Å². The molecule has 2 rings (SSSR count). The Morgan fingerprint density at radius 2 is 1.94 bits per heavy atom. The van der Waals surface area contributed by atoms with E-state index in [2.05, 4.69) is 36.5 Å². The molecule has 1 heterocycles. The Balaban J connectivity index is 1.99. The third kappa shape index (κ3) is 2.70. The molecular weight excluding hydrogens is 198 g/mol. The number of benzene rings is 1. The van der Waals surface area contributed by atoms with E-state index in [1.165, 1.54) is 11.1 Å². The van der Waals surface area contributed by atoms with Gasteiger partial charge in [-0.05, 0) is 24.0 Å². The molecule has 1 atom stereocenters. The third-order valence-electron chi connectivity index (χ3n) is 3.31. The van der Waals surface area contributed by atoms with Gasteiger partial charge in [0.05, 0.1) is 0 Å². The van der Waals surface area contributed by atoms with Crippen molar-refractivity contribution in [1.82, 2.24) is 5.32 Å². The summed E-state index contributed by atoms with van der Waals surface area (Å²) in [6.45, 7) is 3.85. The normalized spacial score (nSPS) is 21.1. The van der Waals surface area contributed by atoms with E-state index in [1.807, 2.05) is 0 Å². The first kappa shape index (κ1) is 11.3. The monoisotopic (exact) mass is 217 g/mol. The molecule has 1 saturated heterocycles. The van der Waals surface area contributed by atoms with E-state index in [1.54, 1.807) is 0 Å². The minimum absolute atomic E-state index is 0.182. The van der Waals surface area contributed by atoms with Gasteiger partial charge in [0.25, 0.3) is 0 Å². The molecule has 0 radical (unpaired) electrons. The molecule has 1 aromatic rings. The van der Waals surface area contributed by atoms with Crippen molar-refractivity contribution >= 4 is 5.78 Å². The number of hydrogen-bond donors (Lipinski definition) is 1. The molecule has 0 amide bonds. The summed E-state index contributed by atoms with van der Waals surface area (Å²) in [6.07, 6.45) is 2.65. The molecule has 1 N–H and O–H groups in total. The van der Waals surface area contributed by atoms with Crippen LogP contribution >= 0.6 is 0 Å². The lowest BCUT2D eigenvalue weighted by Crippen LogP contribution is -2.37. The topological polar surface area (TPSA) is 29.1 Å². The van der Waals surface area contributed by atoms with Gasteiger partial charge >= 0.3 is 0 Å². The van der Waals surface area contributed by atoms with Crippen molar-refractivity contribution in [3.8, 4) is 0 Å². The van der Waals surface area contributed by atoms with Crippen LogP contribution in [0.15, 0.2) is 24.3 Å². The van der Waals surface area contributed by atoms with Gasteiger partial charge in [0.15, 0.2) is 0 Å². The van der Waals surface area contributed by atoms with Crippen LogP contribution in [-0.4, -0.2) is 18.9 Å². The van der Waals surface area contributed by atoms with Crippen molar-refractivity contribution in [2.45, 2.75) is 26.2 Å². The minimum Gasteiger partial charge on any atom is -0.316 e. The molecule has 0 saturated carbocycles. The number of Topliss-reactive ketones (excluding diaryl/α,β-unsaturated/α-hetero) is 1. The highest BCUT2D eigenvalue weighted by molar-refractivity contribution is 5.82. The number of carbonyl (C=O) groups is 1. The Morgan fingerprint density at radius 1 is 1.25 bits per heavy atom. The average molecular weight is 217 g/mol. The minimum atomic E-state index is 0.182. The van der Waals surface area contributed by atoms with Crippen molar-refractivity contribution in [3.05, 3.63) is 35.4 Å². The molecule has 0 bridgehead atoms. The Bertz CT molecular complexity index is 356. The van der Waals surface area contributed by atoms with Gasteiger partial charge < -0.3 is 5.32 Å². The SMILES string of the molecule is CCc1ccc(CC2CNCCC2=O)cc1. The van der Waals surface area contributed by atoms with Crippen LogP contribution < -0.4 is 5.32 Å². The maximum absolute atomic E-state index is 11.7. The van der Waals surface area contributed by atoms with Crippen LogP contribution in [0.4, 0.5) is 0 Å². The first-order chi connectivity index (χ1) is 7.79. The molecule has 1 aromatic carbocycles. The average Bonchev–Trinajstić information content (AvgIpc) is 2.33. The van der Waals surface area contributed by atoms with E-state index >= 15 is 0 Å². The summed E-state index contributed by atoms with van der Waals surface area (Å²) in [5, 5.41) is 3.29. The van der Waals surface area contributed by atoms with Gasteiger partial charge in [0.2, 0.25) is 0 Å². The second-order valence-electron chi connectivity index (χ2n) is 4.49. The number of hydrogen-bond acceptors (Lipinski definition) is 2. The van der Waals surface area contributed by atoms with Crippen molar-refractivity contribution < 1.29 is 4.79 Å². The number of nitrogens with one attached hydrogen (secondary N) is 1.